The number of hydrogen-bond donors (Lipinski definition) is 1. The molecule has 1 N–H and O–H groups in total. The van der Waals surface area contributed by atoms with Crippen LogP contribution in [0.5, 0.6) is 0 Å². The summed E-state index contributed by atoms with van der Waals surface area (Å²) in [7, 11) is 0. The summed E-state index contributed by atoms with van der Waals surface area (Å²) in [6.45, 7) is 2.31. The first kappa shape index (κ1) is 15.6. The van der Waals surface area contributed by atoms with Crippen molar-refractivity contribution in [2.24, 2.45) is 5.92 Å². The maximum absolute atomic E-state index is 13.3. The molecule has 1 atom stereocenters. The molecule has 23 heavy (non-hydrogen) atoms. The summed E-state index contributed by atoms with van der Waals surface area (Å²) in [5.41, 5.74) is 1.66. The second-order valence-electron chi connectivity index (χ2n) is 5.94. The van der Waals surface area contributed by atoms with Gasteiger partial charge in [0.25, 0.3) is 0 Å². The van der Waals surface area contributed by atoms with Gasteiger partial charge in [-0.2, -0.15) is 0 Å². The van der Waals surface area contributed by atoms with Crippen molar-refractivity contribution >= 4 is 11.6 Å². The van der Waals surface area contributed by atoms with Crippen LogP contribution >= 0.6 is 0 Å². The van der Waals surface area contributed by atoms with E-state index in [1.807, 2.05) is 12.1 Å². The number of carbonyl (C=O) groups excluding carboxylic acids is 1. The lowest BCUT2D eigenvalue weighted by Crippen LogP contribution is -2.40. The molecule has 1 aliphatic rings. The zero-order chi connectivity index (χ0) is 16.1. The molecular weight excluding hydrogens is 293 g/mol. The normalized spacial score (nSPS) is 18.6. The highest BCUT2D eigenvalue weighted by atomic mass is 19.1. The van der Waals surface area contributed by atoms with Gasteiger partial charge in [0, 0.05) is 19.3 Å². The highest BCUT2D eigenvalue weighted by molar-refractivity contribution is 5.92. The van der Waals surface area contributed by atoms with Crippen molar-refractivity contribution < 1.29 is 9.18 Å². The van der Waals surface area contributed by atoms with Crippen molar-refractivity contribution in [2.75, 3.05) is 18.4 Å². The first-order valence-corrected chi connectivity index (χ1v) is 7.88. The molecule has 0 radical (unpaired) electrons. The van der Waals surface area contributed by atoms with Crippen molar-refractivity contribution in [2.45, 2.75) is 19.4 Å². The standard InChI is InChI=1S/C18H20FN3O/c19-16-6-1-4-14(10-16)12-22-9-3-5-15(13-22)18(23)21-17-7-2-8-20-11-17/h1-2,4,6-8,10-11,15H,3,5,9,12-13H2,(H,21,23)/t15-/m0/s1. The van der Waals surface area contributed by atoms with Crippen LogP contribution in [0.25, 0.3) is 0 Å². The molecule has 0 spiro atoms. The molecule has 1 saturated heterocycles. The number of carbonyl (C=O) groups is 1. The van der Waals surface area contributed by atoms with Crippen LogP contribution in [0.4, 0.5) is 10.1 Å². The number of nitrogens with one attached hydrogen (secondary N) is 1. The lowest BCUT2D eigenvalue weighted by atomic mass is 9.96. The Balaban J connectivity index is 1.58. The van der Waals surface area contributed by atoms with Gasteiger partial charge in [-0.05, 0) is 49.2 Å². The fourth-order valence-corrected chi connectivity index (χ4v) is 2.99. The molecule has 1 aromatic carbocycles. The number of anilines is 1. The summed E-state index contributed by atoms with van der Waals surface area (Å²) >= 11 is 0. The zero-order valence-electron chi connectivity index (χ0n) is 12.9. The SMILES string of the molecule is O=C(Nc1cccnc1)[C@H]1CCCN(Cc2cccc(F)c2)C1. The molecule has 0 saturated carbocycles. The molecule has 1 amide bonds. The van der Waals surface area contributed by atoms with Crippen molar-refractivity contribution in [3.63, 3.8) is 0 Å². The molecule has 120 valence electrons. The van der Waals surface area contributed by atoms with Gasteiger partial charge >= 0.3 is 0 Å². The molecule has 1 aliphatic heterocycles. The van der Waals surface area contributed by atoms with Crippen LogP contribution in [-0.4, -0.2) is 28.9 Å². The molecule has 0 aliphatic carbocycles. The van der Waals surface area contributed by atoms with Crippen LogP contribution in [-0.2, 0) is 11.3 Å². The predicted octanol–water partition coefficient (Wildman–Crippen LogP) is 3.07. The highest BCUT2D eigenvalue weighted by Crippen LogP contribution is 2.20. The first-order valence-electron chi connectivity index (χ1n) is 7.88. The topological polar surface area (TPSA) is 45.2 Å². The van der Waals surface area contributed by atoms with Gasteiger partial charge < -0.3 is 5.32 Å². The van der Waals surface area contributed by atoms with Crippen LogP contribution in [0.15, 0.2) is 48.8 Å². The Morgan fingerprint density at radius 1 is 1.35 bits per heavy atom. The summed E-state index contributed by atoms with van der Waals surface area (Å²) in [6.07, 6.45) is 5.18. The third-order valence-electron chi connectivity index (χ3n) is 4.10. The number of likely N-dealkylation sites (tertiary alicyclic amines) is 1. The predicted molar refractivity (Wildman–Crippen MR) is 87.3 cm³/mol. The zero-order valence-corrected chi connectivity index (χ0v) is 12.9. The number of pyridine rings is 1. The molecule has 2 heterocycles. The number of rotatable bonds is 4. The third-order valence-corrected chi connectivity index (χ3v) is 4.10. The Morgan fingerprint density at radius 3 is 3.04 bits per heavy atom. The Bertz CT molecular complexity index is 662. The van der Waals surface area contributed by atoms with Crippen LogP contribution < -0.4 is 5.32 Å². The number of piperidine rings is 1. The number of amides is 1. The van der Waals surface area contributed by atoms with Gasteiger partial charge in [-0.3, -0.25) is 14.7 Å². The van der Waals surface area contributed by atoms with Gasteiger partial charge in [-0.25, -0.2) is 4.39 Å². The summed E-state index contributed by atoms with van der Waals surface area (Å²) in [4.78, 5) is 18.6. The lowest BCUT2D eigenvalue weighted by Gasteiger charge is -2.32. The van der Waals surface area contributed by atoms with Gasteiger partial charge in [-0.15, -0.1) is 0 Å². The Morgan fingerprint density at radius 2 is 2.26 bits per heavy atom. The highest BCUT2D eigenvalue weighted by Gasteiger charge is 2.25. The smallest absolute Gasteiger partial charge is 0.228 e. The molecule has 4 nitrogen and oxygen atoms in total. The van der Waals surface area contributed by atoms with E-state index >= 15 is 0 Å². The number of halogens is 1. The van der Waals surface area contributed by atoms with E-state index in [-0.39, 0.29) is 17.6 Å². The molecule has 5 heteroatoms. The van der Waals surface area contributed by atoms with E-state index in [1.165, 1.54) is 6.07 Å². The van der Waals surface area contributed by atoms with Crippen molar-refractivity contribution in [3.05, 3.63) is 60.2 Å². The van der Waals surface area contributed by atoms with Crippen molar-refractivity contribution in [1.29, 1.82) is 0 Å². The minimum absolute atomic E-state index is 0.0296. The maximum Gasteiger partial charge on any atom is 0.228 e. The van der Waals surface area contributed by atoms with E-state index in [0.29, 0.717) is 13.1 Å². The van der Waals surface area contributed by atoms with Crippen LogP contribution in [0, 0.1) is 11.7 Å². The number of benzene rings is 1. The molecule has 1 aromatic heterocycles. The second kappa shape index (κ2) is 7.33. The fraction of sp³-hybridized carbons (Fsp3) is 0.333. The molecule has 2 aromatic rings. The van der Waals surface area contributed by atoms with Gasteiger partial charge in [0.15, 0.2) is 0 Å². The number of aromatic nitrogens is 1. The molecule has 0 unspecified atom stereocenters. The fourth-order valence-electron chi connectivity index (χ4n) is 2.99. The largest absolute Gasteiger partial charge is 0.324 e. The van der Waals surface area contributed by atoms with Gasteiger partial charge in [0.05, 0.1) is 17.8 Å². The average Bonchev–Trinajstić information content (AvgIpc) is 2.56. The molecular formula is C18H20FN3O. The van der Waals surface area contributed by atoms with Crippen molar-refractivity contribution in [1.82, 2.24) is 9.88 Å². The quantitative estimate of drug-likeness (QED) is 0.943. The van der Waals surface area contributed by atoms with Crippen LogP contribution in [0.2, 0.25) is 0 Å². The summed E-state index contributed by atoms with van der Waals surface area (Å²) in [5, 5.41) is 2.92. The van der Waals surface area contributed by atoms with Gasteiger partial charge in [0.1, 0.15) is 5.82 Å². The van der Waals surface area contributed by atoms with E-state index in [0.717, 1.165) is 30.6 Å². The Kier molecular flexibility index (Phi) is 4.98. The first-order chi connectivity index (χ1) is 11.2. The monoisotopic (exact) mass is 313 g/mol. The Hall–Kier alpha value is -2.27. The second-order valence-corrected chi connectivity index (χ2v) is 5.94. The van der Waals surface area contributed by atoms with Gasteiger partial charge in [-0.1, -0.05) is 12.1 Å². The molecule has 3 rings (SSSR count). The average molecular weight is 313 g/mol. The van der Waals surface area contributed by atoms with E-state index in [1.54, 1.807) is 30.6 Å². The number of nitrogens with zero attached hydrogens (tertiary/aromatic N) is 2. The lowest BCUT2D eigenvalue weighted by molar-refractivity contribution is -0.121. The molecule has 0 bridgehead atoms. The van der Waals surface area contributed by atoms with Crippen molar-refractivity contribution in [3.8, 4) is 0 Å². The summed E-state index contributed by atoms with van der Waals surface area (Å²) in [6, 6.07) is 10.3. The summed E-state index contributed by atoms with van der Waals surface area (Å²) in [5.74, 6) is -0.232. The third kappa shape index (κ3) is 4.36. The van der Waals surface area contributed by atoms with E-state index < -0.39 is 0 Å². The molecule has 1 fully saturated rings. The maximum atomic E-state index is 13.3. The van der Waals surface area contributed by atoms with E-state index in [9.17, 15) is 9.18 Å². The number of hydrogen-bond acceptors (Lipinski definition) is 3. The van der Waals surface area contributed by atoms with Gasteiger partial charge in [0.2, 0.25) is 5.91 Å². The van der Waals surface area contributed by atoms with E-state index in [4.69, 9.17) is 0 Å². The minimum atomic E-state index is -0.217. The van der Waals surface area contributed by atoms with Crippen LogP contribution in [0.3, 0.4) is 0 Å². The Labute approximate surface area is 135 Å². The van der Waals surface area contributed by atoms with Crippen LogP contribution in [0.1, 0.15) is 18.4 Å². The van der Waals surface area contributed by atoms with E-state index in [2.05, 4.69) is 15.2 Å². The minimum Gasteiger partial charge on any atom is -0.324 e. The summed E-state index contributed by atoms with van der Waals surface area (Å²) < 4.78 is 13.3.